The number of hydrogen-bond acceptors (Lipinski definition) is 3. The minimum Gasteiger partial charge on any atom is -0.326 e. The molecule has 4 nitrogen and oxygen atoms in total. The van der Waals surface area contributed by atoms with Crippen LogP contribution < -0.4 is 5.73 Å². The maximum atomic E-state index is 5.67. The molecule has 2 heterocycles. The van der Waals surface area contributed by atoms with Gasteiger partial charge in [-0.2, -0.15) is 0 Å². The summed E-state index contributed by atoms with van der Waals surface area (Å²) in [4.78, 5) is 9.47. The lowest BCUT2D eigenvalue weighted by Gasteiger charge is -2.09. The van der Waals surface area contributed by atoms with Crippen LogP contribution in [0.1, 0.15) is 41.3 Å². The summed E-state index contributed by atoms with van der Waals surface area (Å²) in [5, 5.41) is 0. The topological polar surface area (TPSA) is 56.7 Å². The fourth-order valence-electron chi connectivity index (χ4n) is 2.90. The van der Waals surface area contributed by atoms with Gasteiger partial charge < -0.3 is 10.3 Å². The molecule has 1 aliphatic carbocycles. The summed E-state index contributed by atoms with van der Waals surface area (Å²) in [5.41, 5.74) is 11.3. The lowest BCUT2D eigenvalue weighted by atomic mass is 10.1. The van der Waals surface area contributed by atoms with Crippen molar-refractivity contribution in [2.45, 2.75) is 38.8 Å². The Hall–Kier alpha value is -2.20. The second-order valence-electron chi connectivity index (χ2n) is 6.21. The summed E-state index contributed by atoms with van der Waals surface area (Å²) < 4.78 is 2.28. The number of fused-ring (bicyclic) bond motifs is 1. The van der Waals surface area contributed by atoms with E-state index in [9.17, 15) is 0 Å². The van der Waals surface area contributed by atoms with Crippen molar-refractivity contribution >= 4 is 11.2 Å². The van der Waals surface area contributed by atoms with Gasteiger partial charge in [-0.1, -0.05) is 24.3 Å². The van der Waals surface area contributed by atoms with Crippen LogP contribution in [-0.2, 0) is 13.1 Å². The minimum absolute atomic E-state index is 0.586. The van der Waals surface area contributed by atoms with E-state index >= 15 is 0 Å². The number of aromatic nitrogens is 3. The molecule has 112 valence electrons. The van der Waals surface area contributed by atoms with Crippen molar-refractivity contribution in [3.05, 3.63) is 59.0 Å². The van der Waals surface area contributed by atoms with E-state index in [0.29, 0.717) is 12.5 Å². The first kappa shape index (κ1) is 13.5. The third-order valence-corrected chi connectivity index (χ3v) is 4.29. The van der Waals surface area contributed by atoms with Crippen LogP contribution >= 0.6 is 0 Å². The predicted octanol–water partition coefficient (Wildman–Crippen LogP) is 3.12. The Morgan fingerprint density at radius 1 is 1.18 bits per heavy atom. The number of rotatable bonds is 4. The summed E-state index contributed by atoms with van der Waals surface area (Å²) >= 11 is 0. The Bertz CT molecular complexity index is 813. The molecule has 4 rings (SSSR count). The lowest BCUT2D eigenvalue weighted by Crippen LogP contribution is -2.05. The van der Waals surface area contributed by atoms with Crippen molar-refractivity contribution in [1.29, 1.82) is 0 Å². The van der Waals surface area contributed by atoms with Gasteiger partial charge in [0.2, 0.25) is 0 Å². The number of benzene rings is 1. The van der Waals surface area contributed by atoms with Gasteiger partial charge in [0.15, 0.2) is 5.65 Å². The van der Waals surface area contributed by atoms with Gasteiger partial charge >= 0.3 is 0 Å². The van der Waals surface area contributed by atoms with E-state index in [4.69, 9.17) is 10.7 Å². The average Bonchev–Trinajstić information content (AvgIpc) is 3.32. The molecule has 22 heavy (non-hydrogen) atoms. The Balaban J connectivity index is 1.76. The lowest BCUT2D eigenvalue weighted by molar-refractivity contribution is 0.740. The molecule has 0 bridgehead atoms. The largest absolute Gasteiger partial charge is 0.326 e. The Kier molecular flexibility index (Phi) is 3.19. The molecule has 0 unspecified atom stereocenters. The molecule has 1 saturated carbocycles. The molecule has 0 aliphatic heterocycles. The zero-order chi connectivity index (χ0) is 15.1. The number of imidazole rings is 1. The Labute approximate surface area is 130 Å². The maximum Gasteiger partial charge on any atom is 0.160 e. The molecule has 0 atom stereocenters. The normalized spacial score (nSPS) is 14.6. The van der Waals surface area contributed by atoms with Gasteiger partial charge in [0, 0.05) is 18.7 Å². The molecular weight excluding hydrogens is 272 g/mol. The third-order valence-electron chi connectivity index (χ3n) is 4.29. The molecule has 1 fully saturated rings. The van der Waals surface area contributed by atoms with E-state index in [2.05, 4.69) is 46.8 Å². The first-order valence-corrected chi connectivity index (χ1v) is 7.85. The summed E-state index contributed by atoms with van der Waals surface area (Å²) in [5.74, 6) is 1.80. The number of pyridine rings is 1. The minimum atomic E-state index is 0.586. The molecule has 2 aromatic heterocycles. The van der Waals surface area contributed by atoms with Gasteiger partial charge in [-0.25, -0.2) is 9.97 Å². The predicted molar refractivity (Wildman–Crippen MR) is 87.7 cm³/mol. The molecule has 3 aromatic rings. The van der Waals surface area contributed by atoms with E-state index in [1.807, 2.05) is 6.20 Å². The molecule has 0 amide bonds. The zero-order valence-electron chi connectivity index (χ0n) is 12.8. The van der Waals surface area contributed by atoms with Gasteiger partial charge in [-0.15, -0.1) is 0 Å². The van der Waals surface area contributed by atoms with Crippen molar-refractivity contribution in [1.82, 2.24) is 14.5 Å². The second-order valence-corrected chi connectivity index (χ2v) is 6.21. The summed E-state index contributed by atoms with van der Waals surface area (Å²) in [7, 11) is 0. The van der Waals surface area contributed by atoms with Gasteiger partial charge in [-0.3, -0.25) is 0 Å². The monoisotopic (exact) mass is 292 g/mol. The molecule has 0 saturated heterocycles. The van der Waals surface area contributed by atoms with E-state index in [0.717, 1.165) is 28.8 Å². The fourth-order valence-corrected chi connectivity index (χ4v) is 2.90. The quantitative estimate of drug-likeness (QED) is 0.803. The summed E-state index contributed by atoms with van der Waals surface area (Å²) in [6, 6.07) is 10.6. The van der Waals surface area contributed by atoms with Gasteiger partial charge in [0.25, 0.3) is 0 Å². The van der Waals surface area contributed by atoms with Crippen molar-refractivity contribution in [2.24, 2.45) is 5.73 Å². The highest BCUT2D eigenvalue weighted by Gasteiger charge is 2.30. The molecule has 0 radical (unpaired) electrons. The number of nitrogens with two attached hydrogens (primary N) is 1. The second kappa shape index (κ2) is 5.21. The summed E-state index contributed by atoms with van der Waals surface area (Å²) in [6.07, 6.45) is 4.41. The molecule has 1 aliphatic rings. The van der Waals surface area contributed by atoms with Crippen molar-refractivity contribution in [3.8, 4) is 0 Å². The first-order chi connectivity index (χ1) is 10.7. The van der Waals surface area contributed by atoms with Crippen molar-refractivity contribution in [2.75, 3.05) is 0 Å². The molecule has 0 spiro atoms. The number of nitrogens with zero attached hydrogens (tertiary/aromatic N) is 3. The van der Waals surface area contributed by atoms with E-state index in [1.54, 1.807) is 0 Å². The zero-order valence-corrected chi connectivity index (χ0v) is 12.8. The van der Waals surface area contributed by atoms with E-state index < -0.39 is 0 Å². The van der Waals surface area contributed by atoms with Crippen LogP contribution in [-0.4, -0.2) is 14.5 Å². The first-order valence-electron chi connectivity index (χ1n) is 7.85. The summed E-state index contributed by atoms with van der Waals surface area (Å²) in [6.45, 7) is 3.47. The smallest absolute Gasteiger partial charge is 0.160 e. The standard InChI is InChI=1S/C18H20N4/c1-12-8-16-18(20-10-12)22(17(21-16)15-6-7-15)11-14-4-2-13(9-19)3-5-14/h2-5,8,10,15H,6-7,9,11,19H2,1H3. The van der Waals surface area contributed by atoms with Crippen LogP contribution in [0, 0.1) is 6.92 Å². The van der Waals surface area contributed by atoms with Crippen LogP contribution in [0.3, 0.4) is 0 Å². The molecule has 2 N–H and O–H groups in total. The SMILES string of the molecule is Cc1cnc2c(c1)nc(C1CC1)n2Cc1ccc(CN)cc1. The van der Waals surface area contributed by atoms with Crippen molar-refractivity contribution in [3.63, 3.8) is 0 Å². The van der Waals surface area contributed by atoms with E-state index in [-0.39, 0.29) is 0 Å². The van der Waals surface area contributed by atoms with Crippen LogP contribution in [0.15, 0.2) is 36.5 Å². The fraction of sp³-hybridized carbons (Fsp3) is 0.333. The van der Waals surface area contributed by atoms with Crippen LogP contribution in [0.5, 0.6) is 0 Å². The van der Waals surface area contributed by atoms with Crippen LogP contribution in [0.4, 0.5) is 0 Å². The number of aryl methyl sites for hydroxylation is 1. The van der Waals surface area contributed by atoms with Gasteiger partial charge in [0.05, 0.1) is 6.54 Å². The highest BCUT2D eigenvalue weighted by molar-refractivity contribution is 5.72. The third kappa shape index (κ3) is 2.40. The van der Waals surface area contributed by atoms with E-state index in [1.165, 1.54) is 24.2 Å². The van der Waals surface area contributed by atoms with Crippen molar-refractivity contribution < 1.29 is 0 Å². The molecular formula is C18H20N4. The molecule has 4 heteroatoms. The highest BCUT2D eigenvalue weighted by atomic mass is 15.1. The molecule has 1 aromatic carbocycles. The number of hydrogen-bond donors (Lipinski definition) is 1. The van der Waals surface area contributed by atoms with Crippen LogP contribution in [0.2, 0.25) is 0 Å². The van der Waals surface area contributed by atoms with Gasteiger partial charge in [-0.05, 0) is 42.5 Å². The van der Waals surface area contributed by atoms with Gasteiger partial charge in [0.1, 0.15) is 11.3 Å². The average molecular weight is 292 g/mol. The maximum absolute atomic E-state index is 5.67. The van der Waals surface area contributed by atoms with Crippen LogP contribution in [0.25, 0.3) is 11.2 Å². The highest BCUT2D eigenvalue weighted by Crippen LogP contribution is 2.40. The Morgan fingerprint density at radius 3 is 2.59 bits per heavy atom. The Morgan fingerprint density at radius 2 is 1.91 bits per heavy atom.